The van der Waals surface area contributed by atoms with Crippen LogP contribution in [0.15, 0.2) is 18.2 Å². The molecule has 1 fully saturated rings. The number of nitro benzene ring substituents is 1. The number of amides is 1. The molecule has 9 heteroatoms. The molecule has 8 nitrogen and oxygen atoms in total. The fourth-order valence-electron chi connectivity index (χ4n) is 2.39. The van der Waals surface area contributed by atoms with Gasteiger partial charge in [-0.1, -0.05) is 0 Å². The topological polar surface area (TPSA) is 96.7 Å². The lowest BCUT2D eigenvalue weighted by atomic mass is 10.2. The van der Waals surface area contributed by atoms with Crippen LogP contribution in [0.5, 0.6) is 5.75 Å². The van der Waals surface area contributed by atoms with Crippen LogP contribution >= 0.6 is 12.4 Å². The number of halogens is 1. The molecule has 1 heterocycles. The third kappa shape index (κ3) is 5.05. The number of ether oxygens (including phenoxy) is 1. The van der Waals surface area contributed by atoms with Gasteiger partial charge < -0.3 is 15.4 Å². The van der Waals surface area contributed by atoms with Crippen molar-refractivity contribution in [3.8, 4) is 5.75 Å². The van der Waals surface area contributed by atoms with Crippen LogP contribution in [-0.2, 0) is 4.79 Å². The van der Waals surface area contributed by atoms with E-state index in [1.807, 2.05) is 0 Å². The van der Waals surface area contributed by atoms with E-state index in [1.165, 1.54) is 25.3 Å². The van der Waals surface area contributed by atoms with Gasteiger partial charge in [-0.25, -0.2) is 0 Å². The molecule has 0 saturated carbocycles. The van der Waals surface area contributed by atoms with Gasteiger partial charge in [0, 0.05) is 31.7 Å². The molecule has 1 aliphatic rings. The van der Waals surface area contributed by atoms with E-state index < -0.39 is 4.92 Å². The number of hydrogen-bond acceptors (Lipinski definition) is 6. The van der Waals surface area contributed by atoms with E-state index in [-0.39, 0.29) is 36.3 Å². The Bertz CT molecular complexity index is 570. The molecule has 1 aliphatic heterocycles. The third-order valence-corrected chi connectivity index (χ3v) is 3.66. The Kier molecular flexibility index (Phi) is 7.21. The number of nitrogens with zero attached hydrogens (tertiary/aromatic N) is 2. The Balaban J connectivity index is 0.00000264. The molecule has 1 aromatic carbocycles. The van der Waals surface area contributed by atoms with Crippen LogP contribution in [0.25, 0.3) is 0 Å². The molecular weight excluding hydrogens is 324 g/mol. The normalized spacial score (nSPS) is 17.9. The summed E-state index contributed by atoms with van der Waals surface area (Å²) < 4.78 is 5.11. The third-order valence-electron chi connectivity index (χ3n) is 3.66. The average Bonchev–Trinajstić information content (AvgIpc) is 2.49. The van der Waals surface area contributed by atoms with Gasteiger partial charge in [0.2, 0.25) is 5.91 Å². The Morgan fingerprint density at radius 2 is 2.30 bits per heavy atom. The van der Waals surface area contributed by atoms with Crippen molar-refractivity contribution in [2.75, 3.05) is 38.6 Å². The van der Waals surface area contributed by atoms with Gasteiger partial charge in [0.1, 0.15) is 5.75 Å². The number of methoxy groups -OCH3 is 1. The summed E-state index contributed by atoms with van der Waals surface area (Å²) >= 11 is 0. The summed E-state index contributed by atoms with van der Waals surface area (Å²) in [4.78, 5) is 24.5. The van der Waals surface area contributed by atoms with E-state index in [2.05, 4.69) is 22.5 Å². The van der Waals surface area contributed by atoms with Crippen LogP contribution in [0.2, 0.25) is 0 Å². The molecule has 2 rings (SSSR count). The molecule has 0 aliphatic carbocycles. The molecule has 1 aromatic rings. The van der Waals surface area contributed by atoms with Crippen LogP contribution in [-0.4, -0.2) is 55.1 Å². The minimum Gasteiger partial charge on any atom is -0.494 e. The molecule has 0 unspecified atom stereocenters. The maximum absolute atomic E-state index is 12.2. The lowest BCUT2D eigenvalue weighted by Gasteiger charge is -2.33. The number of piperazine rings is 1. The number of anilines is 1. The van der Waals surface area contributed by atoms with E-state index in [9.17, 15) is 14.9 Å². The largest absolute Gasteiger partial charge is 0.494 e. The summed E-state index contributed by atoms with van der Waals surface area (Å²) in [5.74, 6) is 0.108. The van der Waals surface area contributed by atoms with Crippen molar-refractivity contribution in [2.45, 2.75) is 13.0 Å². The van der Waals surface area contributed by atoms with Crippen molar-refractivity contribution < 1.29 is 14.5 Å². The zero-order chi connectivity index (χ0) is 16.1. The monoisotopic (exact) mass is 344 g/mol. The van der Waals surface area contributed by atoms with Gasteiger partial charge in [0.25, 0.3) is 5.69 Å². The van der Waals surface area contributed by atoms with Crippen molar-refractivity contribution in [1.29, 1.82) is 0 Å². The number of nitrogens with one attached hydrogen (secondary N) is 2. The minimum absolute atomic E-state index is 0. The number of benzene rings is 1. The second kappa shape index (κ2) is 8.66. The van der Waals surface area contributed by atoms with Gasteiger partial charge in [-0.2, -0.15) is 0 Å². The smallest absolute Gasteiger partial charge is 0.273 e. The summed E-state index contributed by atoms with van der Waals surface area (Å²) in [5, 5.41) is 16.8. The molecule has 1 amide bonds. The zero-order valence-electron chi connectivity index (χ0n) is 13.1. The zero-order valence-corrected chi connectivity index (χ0v) is 13.9. The first kappa shape index (κ1) is 19.1. The molecule has 0 spiro atoms. The number of carbonyl (C=O) groups excluding carboxylic acids is 1. The highest BCUT2D eigenvalue weighted by molar-refractivity contribution is 5.94. The molecule has 23 heavy (non-hydrogen) atoms. The van der Waals surface area contributed by atoms with E-state index in [1.54, 1.807) is 0 Å². The Morgan fingerprint density at radius 1 is 1.57 bits per heavy atom. The van der Waals surface area contributed by atoms with Gasteiger partial charge in [0.15, 0.2) is 0 Å². The number of nitro groups is 1. The number of carbonyl (C=O) groups is 1. The van der Waals surface area contributed by atoms with Crippen LogP contribution in [0.1, 0.15) is 6.92 Å². The maximum atomic E-state index is 12.2. The molecule has 1 saturated heterocycles. The van der Waals surface area contributed by atoms with Gasteiger partial charge >= 0.3 is 0 Å². The van der Waals surface area contributed by atoms with Crippen molar-refractivity contribution >= 4 is 29.7 Å². The molecule has 0 aromatic heterocycles. The fourth-order valence-corrected chi connectivity index (χ4v) is 2.39. The van der Waals surface area contributed by atoms with E-state index >= 15 is 0 Å². The summed E-state index contributed by atoms with van der Waals surface area (Å²) in [6.07, 6.45) is 0. The van der Waals surface area contributed by atoms with Crippen molar-refractivity contribution in [3.63, 3.8) is 0 Å². The van der Waals surface area contributed by atoms with Gasteiger partial charge in [-0.05, 0) is 13.0 Å². The van der Waals surface area contributed by atoms with Crippen LogP contribution in [0.3, 0.4) is 0 Å². The Labute approximate surface area is 140 Å². The first-order valence-corrected chi connectivity index (χ1v) is 7.08. The highest BCUT2D eigenvalue weighted by Crippen LogP contribution is 2.28. The highest BCUT2D eigenvalue weighted by atomic mass is 35.5. The van der Waals surface area contributed by atoms with Crippen molar-refractivity contribution in [3.05, 3.63) is 28.3 Å². The lowest BCUT2D eigenvalue weighted by Crippen LogP contribution is -2.51. The summed E-state index contributed by atoms with van der Waals surface area (Å²) in [6, 6.07) is 4.41. The van der Waals surface area contributed by atoms with E-state index in [0.29, 0.717) is 11.7 Å². The number of non-ortho nitro benzene ring substituents is 1. The quantitative estimate of drug-likeness (QED) is 0.616. The highest BCUT2D eigenvalue weighted by Gasteiger charge is 2.21. The SMILES string of the molecule is COc1cc([N+](=O)[O-])ccc1NC(=O)CN1CCNC[C@H]1C.Cl. The average molecular weight is 345 g/mol. The first-order valence-electron chi connectivity index (χ1n) is 7.08. The maximum Gasteiger partial charge on any atom is 0.273 e. The molecule has 128 valence electrons. The molecule has 0 bridgehead atoms. The lowest BCUT2D eigenvalue weighted by molar-refractivity contribution is -0.384. The molecule has 0 radical (unpaired) electrons. The van der Waals surface area contributed by atoms with Crippen molar-refractivity contribution in [2.24, 2.45) is 0 Å². The number of rotatable bonds is 5. The predicted octanol–water partition coefficient (Wildman–Crippen LogP) is 1.26. The van der Waals surface area contributed by atoms with Crippen molar-refractivity contribution in [1.82, 2.24) is 10.2 Å². The fraction of sp³-hybridized carbons (Fsp3) is 0.500. The summed E-state index contributed by atoms with van der Waals surface area (Å²) in [7, 11) is 1.41. The van der Waals surface area contributed by atoms with Crippen LogP contribution in [0, 0.1) is 10.1 Å². The van der Waals surface area contributed by atoms with Gasteiger partial charge in [0.05, 0.1) is 30.3 Å². The van der Waals surface area contributed by atoms with Gasteiger partial charge in [-0.15, -0.1) is 12.4 Å². The van der Waals surface area contributed by atoms with Gasteiger partial charge in [-0.3, -0.25) is 19.8 Å². The number of hydrogen-bond donors (Lipinski definition) is 2. The van der Waals surface area contributed by atoms with E-state index in [4.69, 9.17) is 4.74 Å². The second-order valence-electron chi connectivity index (χ2n) is 5.21. The molecular formula is C14H21ClN4O4. The van der Waals surface area contributed by atoms with Crippen LogP contribution in [0.4, 0.5) is 11.4 Å². The Morgan fingerprint density at radius 3 is 2.91 bits per heavy atom. The standard InChI is InChI=1S/C14H20N4O4.ClH/c1-10-8-15-5-6-17(10)9-14(19)16-12-4-3-11(18(20)21)7-13(12)22-2;/h3-4,7,10,15H,5-6,8-9H2,1-2H3,(H,16,19);1H/t10-;/m1./s1. The molecule has 1 atom stereocenters. The summed E-state index contributed by atoms with van der Waals surface area (Å²) in [5.41, 5.74) is 0.353. The molecule has 2 N–H and O–H groups in total. The summed E-state index contributed by atoms with van der Waals surface area (Å²) in [6.45, 7) is 4.87. The first-order chi connectivity index (χ1) is 10.5. The minimum atomic E-state index is -0.503. The predicted molar refractivity (Wildman–Crippen MR) is 89.4 cm³/mol. The van der Waals surface area contributed by atoms with Crippen LogP contribution < -0.4 is 15.4 Å². The van der Waals surface area contributed by atoms with E-state index in [0.717, 1.165) is 19.6 Å². The second-order valence-corrected chi connectivity index (χ2v) is 5.21. The Hall–Kier alpha value is -1.90.